The van der Waals surface area contributed by atoms with E-state index in [0.29, 0.717) is 16.7 Å². The van der Waals surface area contributed by atoms with E-state index in [1.165, 1.54) is 25.4 Å². The third kappa shape index (κ3) is 2.54. The molecule has 0 radical (unpaired) electrons. The Bertz CT molecular complexity index is 641. The van der Waals surface area contributed by atoms with Crippen molar-refractivity contribution in [2.24, 2.45) is 0 Å². The van der Waals surface area contributed by atoms with Crippen molar-refractivity contribution in [2.75, 3.05) is 7.11 Å². The summed E-state index contributed by atoms with van der Waals surface area (Å²) in [5, 5.41) is 9.07. The first-order valence-corrected chi connectivity index (χ1v) is 5.56. The average molecular weight is 261 g/mol. The number of carbonyl (C=O) groups is 1. The molecule has 5 heteroatoms. The van der Waals surface area contributed by atoms with Gasteiger partial charge in [-0.2, -0.15) is 0 Å². The van der Waals surface area contributed by atoms with Gasteiger partial charge in [-0.05, 0) is 30.2 Å². The molecule has 1 aromatic heterocycles. The van der Waals surface area contributed by atoms with Crippen molar-refractivity contribution in [2.45, 2.75) is 6.92 Å². The van der Waals surface area contributed by atoms with Crippen LogP contribution in [0, 0.1) is 12.7 Å². The zero-order valence-corrected chi connectivity index (χ0v) is 10.5. The molecular formula is C14H12FNO3. The second kappa shape index (κ2) is 5.06. The number of methoxy groups -OCH3 is 1. The minimum atomic E-state index is -1.14. The highest BCUT2D eigenvalue weighted by Crippen LogP contribution is 2.25. The number of aromatic carboxylic acids is 1. The Morgan fingerprint density at radius 3 is 2.63 bits per heavy atom. The molecule has 4 nitrogen and oxygen atoms in total. The van der Waals surface area contributed by atoms with Gasteiger partial charge in [0, 0.05) is 11.8 Å². The lowest BCUT2D eigenvalue weighted by molar-refractivity contribution is 0.0692. The van der Waals surface area contributed by atoms with E-state index in [9.17, 15) is 9.18 Å². The van der Waals surface area contributed by atoms with Gasteiger partial charge in [-0.25, -0.2) is 14.2 Å². The summed E-state index contributed by atoms with van der Waals surface area (Å²) in [6.07, 6.45) is 1.45. The Kier molecular flexibility index (Phi) is 3.46. The maximum Gasteiger partial charge on any atom is 0.341 e. The topological polar surface area (TPSA) is 59.4 Å². The largest absolute Gasteiger partial charge is 0.480 e. The number of hydrogen-bond donors (Lipinski definition) is 1. The fraction of sp³-hybridized carbons (Fsp3) is 0.143. The van der Waals surface area contributed by atoms with Crippen LogP contribution in [0.1, 0.15) is 15.9 Å². The van der Waals surface area contributed by atoms with E-state index in [1.54, 1.807) is 19.1 Å². The Morgan fingerprint density at radius 2 is 2.05 bits per heavy atom. The summed E-state index contributed by atoms with van der Waals surface area (Å²) < 4.78 is 18.4. The monoisotopic (exact) mass is 261 g/mol. The average Bonchev–Trinajstić information content (AvgIpc) is 2.41. The van der Waals surface area contributed by atoms with E-state index >= 15 is 0 Å². The predicted molar refractivity (Wildman–Crippen MR) is 67.9 cm³/mol. The first kappa shape index (κ1) is 13.0. The van der Waals surface area contributed by atoms with E-state index < -0.39 is 5.97 Å². The molecule has 19 heavy (non-hydrogen) atoms. The van der Waals surface area contributed by atoms with E-state index in [4.69, 9.17) is 9.84 Å². The molecule has 98 valence electrons. The van der Waals surface area contributed by atoms with Crippen LogP contribution in [0.25, 0.3) is 11.1 Å². The smallest absolute Gasteiger partial charge is 0.341 e. The quantitative estimate of drug-likeness (QED) is 0.922. The van der Waals surface area contributed by atoms with Crippen LogP contribution >= 0.6 is 0 Å². The summed E-state index contributed by atoms with van der Waals surface area (Å²) in [6, 6.07) is 6.12. The zero-order chi connectivity index (χ0) is 14.0. The standard InChI is InChI=1S/C14H12FNO3/c1-8-3-4-9(6-12(8)15)10-5-11(14(17)18)13(19-2)16-7-10/h3-7H,1-2H3,(H,17,18). The maximum absolute atomic E-state index is 13.5. The summed E-state index contributed by atoms with van der Waals surface area (Å²) in [5.41, 5.74) is 1.57. The molecule has 1 heterocycles. The Morgan fingerprint density at radius 1 is 1.32 bits per heavy atom. The Labute approximate surface area is 109 Å². The van der Waals surface area contributed by atoms with Crippen LogP contribution in [-0.4, -0.2) is 23.2 Å². The first-order chi connectivity index (χ1) is 9.02. The maximum atomic E-state index is 13.5. The lowest BCUT2D eigenvalue weighted by atomic mass is 10.0. The predicted octanol–water partition coefficient (Wildman–Crippen LogP) is 2.90. The Hall–Kier alpha value is -2.43. The highest BCUT2D eigenvalue weighted by molar-refractivity contribution is 5.91. The van der Waals surface area contributed by atoms with Crippen molar-refractivity contribution in [1.82, 2.24) is 4.98 Å². The Balaban J connectivity index is 2.53. The first-order valence-electron chi connectivity index (χ1n) is 5.56. The van der Waals surface area contributed by atoms with Gasteiger partial charge >= 0.3 is 5.97 Å². The van der Waals surface area contributed by atoms with Gasteiger partial charge in [0.05, 0.1) is 7.11 Å². The number of carboxylic acids is 1. The summed E-state index contributed by atoms with van der Waals surface area (Å²) in [5.74, 6) is -1.45. The number of benzene rings is 1. The minimum Gasteiger partial charge on any atom is -0.480 e. The molecule has 2 rings (SSSR count). The lowest BCUT2D eigenvalue weighted by Crippen LogP contribution is -2.02. The normalized spacial score (nSPS) is 10.3. The molecule has 0 bridgehead atoms. The van der Waals surface area contributed by atoms with Gasteiger partial charge in [0.1, 0.15) is 11.4 Å². The van der Waals surface area contributed by atoms with Gasteiger partial charge in [-0.15, -0.1) is 0 Å². The van der Waals surface area contributed by atoms with Gasteiger partial charge in [-0.3, -0.25) is 0 Å². The molecule has 1 aromatic carbocycles. The van der Waals surface area contributed by atoms with Gasteiger partial charge in [0.25, 0.3) is 0 Å². The van der Waals surface area contributed by atoms with Gasteiger partial charge in [0.15, 0.2) is 0 Å². The summed E-state index contributed by atoms with van der Waals surface area (Å²) in [7, 11) is 1.35. The number of nitrogens with zero attached hydrogens (tertiary/aromatic N) is 1. The van der Waals surface area contributed by atoms with E-state index in [2.05, 4.69) is 4.98 Å². The molecule has 0 saturated carbocycles. The molecule has 1 N–H and O–H groups in total. The molecule has 0 aliphatic rings. The van der Waals surface area contributed by atoms with Crippen molar-refractivity contribution in [1.29, 1.82) is 0 Å². The van der Waals surface area contributed by atoms with Crippen LogP contribution in [0.2, 0.25) is 0 Å². The molecule has 0 atom stereocenters. The number of hydrogen-bond acceptors (Lipinski definition) is 3. The minimum absolute atomic E-state index is 0.0313. The number of rotatable bonds is 3. The number of carboxylic acid groups (broad SMARTS) is 1. The molecular weight excluding hydrogens is 249 g/mol. The second-order valence-corrected chi connectivity index (χ2v) is 4.05. The molecule has 0 saturated heterocycles. The molecule has 0 aliphatic heterocycles. The van der Waals surface area contributed by atoms with Crippen molar-refractivity contribution < 1.29 is 19.0 Å². The van der Waals surface area contributed by atoms with Crippen molar-refractivity contribution in [3.63, 3.8) is 0 Å². The number of aromatic nitrogens is 1. The van der Waals surface area contributed by atoms with Crippen molar-refractivity contribution in [3.8, 4) is 17.0 Å². The van der Waals surface area contributed by atoms with Crippen LogP contribution < -0.4 is 4.74 Å². The second-order valence-electron chi connectivity index (χ2n) is 4.05. The highest BCUT2D eigenvalue weighted by atomic mass is 19.1. The van der Waals surface area contributed by atoms with Gasteiger partial charge in [0.2, 0.25) is 5.88 Å². The van der Waals surface area contributed by atoms with E-state index in [0.717, 1.165) is 0 Å². The van der Waals surface area contributed by atoms with Crippen LogP contribution in [-0.2, 0) is 0 Å². The summed E-state index contributed by atoms with van der Waals surface area (Å²) >= 11 is 0. The van der Waals surface area contributed by atoms with Crippen molar-refractivity contribution in [3.05, 3.63) is 47.4 Å². The highest BCUT2D eigenvalue weighted by Gasteiger charge is 2.14. The fourth-order valence-electron chi connectivity index (χ4n) is 1.70. The molecule has 2 aromatic rings. The van der Waals surface area contributed by atoms with Gasteiger partial charge in [-0.1, -0.05) is 12.1 Å². The number of pyridine rings is 1. The molecule has 0 unspecified atom stereocenters. The fourth-order valence-corrected chi connectivity index (χ4v) is 1.70. The zero-order valence-electron chi connectivity index (χ0n) is 10.5. The number of aryl methyl sites for hydroxylation is 1. The SMILES string of the molecule is COc1ncc(-c2ccc(C)c(F)c2)cc1C(=O)O. The third-order valence-electron chi connectivity index (χ3n) is 2.78. The number of halogens is 1. The van der Waals surface area contributed by atoms with Gasteiger partial charge < -0.3 is 9.84 Å². The van der Waals surface area contributed by atoms with Crippen LogP contribution in [0.4, 0.5) is 4.39 Å². The number of ether oxygens (including phenoxy) is 1. The third-order valence-corrected chi connectivity index (χ3v) is 2.78. The van der Waals surface area contributed by atoms with Crippen LogP contribution in [0.15, 0.2) is 30.5 Å². The van der Waals surface area contributed by atoms with E-state index in [-0.39, 0.29) is 17.3 Å². The lowest BCUT2D eigenvalue weighted by Gasteiger charge is -2.07. The molecule has 0 fully saturated rings. The summed E-state index contributed by atoms with van der Waals surface area (Å²) in [4.78, 5) is 15.0. The van der Waals surface area contributed by atoms with Crippen LogP contribution in [0.3, 0.4) is 0 Å². The summed E-state index contributed by atoms with van der Waals surface area (Å²) in [6.45, 7) is 1.66. The molecule has 0 spiro atoms. The molecule has 0 amide bonds. The molecule has 0 aliphatic carbocycles. The van der Waals surface area contributed by atoms with Crippen molar-refractivity contribution >= 4 is 5.97 Å². The van der Waals surface area contributed by atoms with Crippen LogP contribution in [0.5, 0.6) is 5.88 Å². The van der Waals surface area contributed by atoms with E-state index in [1.807, 2.05) is 0 Å².